The quantitative estimate of drug-likeness (QED) is 0.889. The fourth-order valence-electron chi connectivity index (χ4n) is 3.03. The Kier molecular flexibility index (Phi) is 4.74. The normalized spacial score (nSPS) is 26.2. The van der Waals surface area contributed by atoms with E-state index in [-0.39, 0.29) is 0 Å². The molecular formula is C16H21BrO3. The van der Waals surface area contributed by atoms with Gasteiger partial charge >= 0.3 is 5.97 Å². The van der Waals surface area contributed by atoms with Crippen molar-refractivity contribution in [1.29, 1.82) is 0 Å². The summed E-state index contributed by atoms with van der Waals surface area (Å²) in [5.74, 6) is 0.728. The lowest BCUT2D eigenvalue weighted by atomic mass is 9.68. The summed E-state index contributed by atoms with van der Waals surface area (Å²) < 4.78 is 6.33. The maximum atomic E-state index is 11.8. The lowest BCUT2D eigenvalue weighted by molar-refractivity contribution is -0.151. The van der Waals surface area contributed by atoms with Gasteiger partial charge < -0.3 is 9.84 Å². The number of ether oxygens (including phenoxy) is 1. The lowest BCUT2D eigenvalue weighted by Crippen LogP contribution is -2.37. The Morgan fingerprint density at radius 3 is 2.65 bits per heavy atom. The second-order valence-corrected chi connectivity index (χ2v) is 6.82. The van der Waals surface area contributed by atoms with Crippen molar-refractivity contribution >= 4 is 21.9 Å². The van der Waals surface area contributed by atoms with Crippen LogP contribution in [0.3, 0.4) is 0 Å². The molecule has 0 unspecified atom stereocenters. The largest absolute Gasteiger partial charge is 0.496 e. The number of carboxylic acids is 1. The summed E-state index contributed by atoms with van der Waals surface area (Å²) in [7, 11) is 1.63. The molecule has 1 N–H and O–H groups in total. The molecule has 20 heavy (non-hydrogen) atoms. The van der Waals surface area contributed by atoms with Crippen molar-refractivity contribution in [1.82, 2.24) is 0 Å². The summed E-state index contributed by atoms with van der Waals surface area (Å²) in [6.07, 6.45) is 4.02. The van der Waals surface area contributed by atoms with Crippen molar-refractivity contribution in [3.63, 3.8) is 0 Å². The fraction of sp³-hybridized carbons (Fsp3) is 0.562. The summed E-state index contributed by atoms with van der Waals surface area (Å²) in [6, 6.07) is 5.78. The number of rotatable bonds is 4. The van der Waals surface area contributed by atoms with Gasteiger partial charge in [-0.2, -0.15) is 0 Å². The van der Waals surface area contributed by atoms with Gasteiger partial charge in [0, 0.05) is 4.47 Å². The van der Waals surface area contributed by atoms with Gasteiger partial charge in [-0.3, -0.25) is 4.79 Å². The SMILES string of the molecule is COc1ccc(Br)cc1CC1(C(=O)O)CCC(C)CC1. The summed E-state index contributed by atoms with van der Waals surface area (Å²) in [5, 5.41) is 9.72. The minimum atomic E-state index is -0.675. The van der Waals surface area contributed by atoms with Crippen molar-refractivity contribution < 1.29 is 14.6 Å². The number of aliphatic carboxylic acids is 1. The minimum absolute atomic E-state index is 0.539. The third kappa shape index (κ3) is 3.17. The first kappa shape index (κ1) is 15.4. The second-order valence-electron chi connectivity index (χ2n) is 5.90. The molecule has 0 heterocycles. The smallest absolute Gasteiger partial charge is 0.309 e. The Hall–Kier alpha value is -1.03. The molecule has 1 aromatic rings. The van der Waals surface area contributed by atoms with E-state index in [1.54, 1.807) is 7.11 Å². The molecule has 1 aromatic carbocycles. The Morgan fingerprint density at radius 2 is 2.10 bits per heavy atom. The number of benzene rings is 1. The molecule has 1 saturated carbocycles. The van der Waals surface area contributed by atoms with E-state index in [9.17, 15) is 9.90 Å². The zero-order chi connectivity index (χ0) is 14.8. The van der Waals surface area contributed by atoms with Crippen molar-refractivity contribution in [3.8, 4) is 5.75 Å². The van der Waals surface area contributed by atoms with Gasteiger partial charge in [-0.15, -0.1) is 0 Å². The average molecular weight is 341 g/mol. The minimum Gasteiger partial charge on any atom is -0.496 e. The van der Waals surface area contributed by atoms with E-state index in [0.29, 0.717) is 12.3 Å². The first-order valence-corrected chi connectivity index (χ1v) is 7.82. The Labute approximate surface area is 128 Å². The van der Waals surface area contributed by atoms with Crippen LogP contribution in [0.4, 0.5) is 0 Å². The number of hydrogen-bond acceptors (Lipinski definition) is 2. The van der Waals surface area contributed by atoms with Crippen LogP contribution in [0.15, 0.2) is 22.7 Å². The molecule has 1 fully saturated rings. The van der Waals surface area contributed by atoms with Crippen LogP contribution >= 0.6 is 15.9 Å². The predicted octanol–water partition coefficient (Wildman–Crippen LogP) is 4.28. The van der Waals surface area contributed by atoms with Crippen LogP contribution < -0.4 is 4.74 Å². The molecule has 0 aliphatic heterocycles. The van der Waals surface area contributed by atoms with Crippen LogP contribution in [-0.2, 0) is 11.2 Å². The zero-order valence-electron chi connectivity index (χ0n) is 12.0. The van der Waals surface area contributed by atoms with Crippen LogP contribution in [0, 0.1) is 11.3 Å². The number of hydrogen-bond donors (Lipinski definition) is 1. The molecular weight excluding hydrogens is 320 g/mol. The Balaban J connectivity index is 2.29. The third-order valence-electron chi connectivity index (χ3n) is 4.46. The van der Waals surface area contributed by atoms with Crippen molar-refractivity contribution in [2.24, 2.45) is 11.3 Å². The van der Waals surface area contributed by atoms with Gasteiger partial charge in [0.15, 0.2) is 0 Å². The summed E-state index contributed by atoms with van der Waals surface area (Å²) >= 11 is 3.45. The number of carbonyl (C=O) groups is 1. The first-order chi connectivity index (χ1) is 9.47. The molecule has 2 rings (SSSR count). The average Bonchev–Trinajstić information content (AvgIpc) is 2.41. The molecule has 0 amide bonds. The molecule has 0 spiro atoms. The second kappa shape index (κ2) is 6.17. The molecule has 3 nitrogen and oxygen atoms in total. The highest BCUT2D eigenvalue weighted by atomic mass is 79.9. The highest BCUT2D eigenvalue weighted by Crippen LogP contribution is 2.43. The van der Waals surface area contributed by atoms with E-state index in [1.165, 1.54) is 0 Å². The van der Waals surface area contributed by atoms with Crippen LogP contribution in [-0.4, -0.2) is 18.2 Å². The van der Waals surface area contributed by atoms with Gasteiger partial charge in [0.05, 0.1) is 12.5 Å². The van der Waals surface area contributed by atoms with Crippen LogP contribution in [0.5, 0.6) is 5.75 Å². The summed E-state index contributed by atoms with van der Waals surface area (Å²) in [5.41, 5.74) is 0.333. The highest BCUT2D eigenvalue weighted by Gasteiger charge is 2.41. The van der Waals surface area contributed by atoms with Crippen LogP contribution in [0.25, 0.3) is 0 Å². The van der Waals surface area contributed by atoms with E-state index < -0.39 is 11.4 Å². The topological polar surface area (TPSA) is 46.5 Å². The van der Waals surface area contributed by atoms with Crippen LogP contribution in [0.1, 0.15) is 38.2 Å². The predicted molar refractivity (Wildman–Crippen MR) is 82.1 cm³/mol. The third-order valence-corrected chi connectivity index (χ3v) is 4.95. The van der Waals surface area contributed by atoms with E-state index in [1.807, 2.05) is 18.2 Å². The molecule has 0 aromatic heterocycles. The van der Waals surface area contributed by atoms with E-state index in [2.05, 4.69) is 22.9 Å². The van der Waals surface area contributed by atoms with Gasteiger partial charge in [-0.05, 0) is 61.8 Å². The van der Waals surface area contributed by atoms with E-state index >= 15 is 0 Å². The van der Waals surface area contributed by atoms with Gasteiger partial charge in [-0.25, -0.2) is 0 Å². The monoisotopic (exact) mass is 340 g/mol. The number of methoxy groups -OCH3 is 1. The maximum Gasteiger partial charge on any atom is 0.309 e. The number of halogens is 1. The van der Waals surface area contributed by atoms with E-state index in [4.69, 9.17) is 4.74 Å². The fourth-order valence-corrected chi connectivity index (χ4v) is 3.44. The Bertz CT molecular complexity index is 490. The van der Waals surface area contributed by atoms with Crippen molar-refractivity contribution in [2.45, 2.75) is 39.0 Å². The molecule has 1 aliphatic rings. The maximum absolute atomic E-state index is 11.8. The molecule has 0 saturated heterocycles. The molecule has 0 radical (unpaired) electrons. The van der Waals surface area contributed by atoms with Crippen molar-refractivity contribution in [2.75, 3.05) is 7.11 Å². The van der Waals surface area contributed by atoms with Gasteiger partial charge in [0.2, 0.25) is 0 Å². The standard InChI is InChI=1S/C16H21BrO3/c1-11-5-7-16(8-6-11,15(18)19)10-12-9-13(17)3-4-14(12)20-2/h3-4,9,11H,5-8,10H2,1-2H3,(H,18,19). The molecule has 1 aliphatic carbocycles. The van der Waals surface area contributed by atoms with Crippen molar-refractivity contribution in [3.05, 3.63) is 28.2 Å². The molecule has 0 atom stereocenters. The van der Waals surface area contributed by atoms with Gasteiger partial charge in [0.25, 0.3) is 0 Å². The molecule has 110 valence electrons. The highest BCUT2D eigenvalue weighted by molar-refractivity contribution is 9.10. The molecule has 4 heteroatoms. The summed E-state index contributed by atoms with van der Waals surface area (Å²) in [4.78, 5) is 11.8. The van der Waals surface area contributed by atoms with E-state index in [0.717, 1.165) is 41.5 Å². The van der Waals surface area contributed by atoms with Crippen LogP contribution in [0.2, 0.25) is 0 Å². The van der Waals surface area contributed by atoms with Gasteiger partial charge in [0.1, 0.15) is 5.75 Å². The van der Waals surface area contributed by atoms with Gasteiger partial charge in [-0.1, -0.05) is 22.9 Å². The molecule has 0 bridgehead atoms. The summed E-state index contributed by atoms with van der Waals surface area (Å²) in [6.45, 7) is 2.20. The number of carboxylic acid groups (broad SMARTS) is 1. The zero-order valence-corrected chi connectivity index (χ0v) is 13.6. The first-order valence-electron chi connectivity index (χ1n) is 7.03. The Morgan fingerprint density at radius 1 is 1.45 bits per heavy atom. The lowest BCUT2D eigenvalue weighted by Gasteiger charge is -2.36.